The Hall–Kier alpha value is 0.394. The number of rotatable bonds is 6. The van der Waals surface area contributed by atoms with E-state index in [-0.39, 0.29) is 0 Å². The van der Waals surface area contributed by atoms with E-state index in [1.165, 1.54) is 18.5 Å². The Kier molecular flexibility index (Phi) is 5.28. The Morgan fingerprint density at radius 1 is 1.00 bits per heavy atom. The summed E-state index contributed by atoms with van der Waals surface area (Å²) < 4.78 is 0. The highest BCUT2D eigenvalue weighted by atomic mass is 28.3. The molecule has 0 aliphatic carbocycles. The first-order valence-electron chi connectivity index (χ1n) is 6.22. The molecule has 0 fully saturated rings. The molecule has 0 aromatic carbocycles. The smallest absolute Gasteiger partial charge is 0.0528 e. The fourth-order valence-corrected chi connectivity index (χ4v) is 10.4. The molecule has 0 spiro atoms. The Morgan fingerprint density at radius 2 is 1.47 bits per heavy atom. The molecule has 1 nitrogen and oxygen atoms in total. The predicted octanol–water partition coefficient (Wildman–Crippen LogP) is 4.16. The SMILES string of the molecule is CC(C)(C[Si](C)(C)C)[Si](C)(C)CCCN. The minimum absolute atomic E-state index is 0.576. The number of nitrogens with two attached hydrogens (primary N) is 1. The van der Waals surface area contributed by atoms with Gasteiger partial charge < -0.3 is 5.73 Å². The summed E-state index contributed by atoms with van der Waals surface area (Å²) >= 11 is 0. The molecule has 0 amide bonds. The topological polar surface area (TPSA) is 26.0 Å². The lowest BCUT2D eigenvalue weighted by molar-refractivity contribution is 0.693. The second-order valence-electron chi connectivity index (χ2n) is 7.40. The van der Waals surface area contributed by atoms with Crippen LogP contribution in [-0.2, 0) is 0 Å². The number of hydrogen-bond donors (Lipinski definition) is 1. The zero-order valence-electron chi connectivity index (χ0n) is 11.9. The third kappa shape index (κ3) is 5.32. The fourth-order valence-electron chi connectivity index (χ4n) is 2.45. The normalized spacial score (nSPS) is 14.4. The fraction of sp³-hybridized carbons (Fsp3) is 1.00. The molecule has 0 radical (unpaired) electrons. The highest BCUT2D eigenvalue weighted by molar-refractivity contribution is 6.84. The van der Waals surface area contributed by atoms with Gasteiger partial charge in [0.15, 0.2) is 0 Å². The van der Waals surface area contributed by atoms with Crippen molar-refractivity contribution >= 4 is 16.1 Å². The lowest BCUT2D eigenvalue weighted by Gasteiger charge is -2.43. The van der Waals surface area contributed by atoms with E-state index in [1.54, 1.807) is 0 Å². The molecule has 0 aromatic rings. The van der Waals surface area contributed by atoms with Gasteiger partial charge in [-0.3, -0.25) is 0 Å². The number of hydrogen-bond acceptors (Lipinski definition) is 1. The van der Waals surface area contributed by atoms with Gasteiger partial charge in [-0.1, -0.05) is 58.7 Å². The summed E-state index contributed by atoms with van der Waals surface area (Å²) in [6, 6.07) is 2.85. The molecular formula is C12H31NSi2. The molecule has 3 heteroatoms. The second kappa shape index (κ2) is 5.15. The van der Waals surface area contributed by atoms with E-state index >= 15 is 0 Å². The third-order valence-corrected chi connectivity index (χ3v) is 11.6. The maximum absolute atomic E-state index is 5.64. The van der Waals surface area contributed by atoms with Crippen LogP contribution >= 0.6 is 0 Å². The van der Waals surface area contributed by atoms with Gasteiger partial charge in [-0.05, 0) is 18.0 Å². The second-order valence-corrected chi connectivity index (χ2v) is 18.5. The van der Waals surface area contributed by atoms with E-state index < -0.39 is 16.1 Å². The van der Waals surface area contributed by atoms with Crippen molar-refractivity contribution in [2.75, 3.05) is 6.54 Å². The van der Waals surface area contributed by atoms with Gasteiger partial charge in [-0.15, -0.1) is 0 Å². The first-order valence-corrected chi connectivity index (χ1v) is 13.1. The highest BCUT2D eigenvalue weighted by Gasteiger charge is 2.40. The van der Waals surface area contributed by atoms with Gasteiger partial charge in [0.05, 0.1) is 8.07 Å². The average Bonchev–Trinajstić information content (AvgIpc) is 1.96. The van der Waals surface area contributed by atoms with Gasteiger partial charge in [0.2, 0.25) is 0 Å². The Morgan fingerprint density at radius 3 is 1.80 bits per heavy atom. The molecule has 92 valence electrons. The maximum atomic E-state index is 5.64. The van der Waals surface area contributed by atoms with Crippen molar-refractivity contribution in [3.63, 3.8) is 0 Å². The Balaban J connectivity index is 4.54. The third-order valence-electron chi connectivity index (χ3n) is 3.81. The van der Waals surface area contributed by atoms with Crippen molar-refractivity contribution in [3.8, 4) is 0 Å². The van der Waals surface area contributed by atoms with Crippen LogP contribution < -0.4 is 5.73 Å². The molecule has 0 atom stereocenters. The van der Waals surface area contributed by atoms with Crippen molar-refractivity contribution in [3.05, 3.63) is 0 Å². The molecule has 0 bridgehead atoms. The van der Waals surface area contributed by atoms with Crippen LogP contribution in [0.15, 0.2) is 0 Å². The first kappa shape index (κ1) is 15.4. The van der Waals surface area contributed by atoms with E-state index in [1.807, 2.05) is 0 Å². The van der Waals surface area contributed by atoms with Crippen LogP contribution in [0.2, 0.25) is 49.9 Å². The predicted molar refractivity (Wildman–Crippen MR) is 78.2 cm³/mol. The first-order chi connectivity index (χ1) is 6.52. The van der Waals surface area contributed by atoms with E-state index in [0.29, 0.717) is 5.04 Å². The lowest BCUT2D eigenvalue weighted by Crippen LogP contribution is -2.43. The molecule has 0 unspecified atom stereocenters. The summed E-state index contributed by atoms with van der Waals surface area (Å²) in [5.74, 6) is 0. The van der Waals surface area contributed by atoms with Gasteiger partial charge in [-0.25, -0.2) is 0 Å². The van der Waals surface area contributed by atoms with Crippen LogP contribution in [0.4, 0.5) is 0 Å². The van der Waals surface area contributed by atoms with Gasteiger partial charge >= 0.3 is 0 Å². The zero-order valence-corrected chi connectivity index (χ0v) is 13.9. The highest BCUT2D eigenvalue weighted by Crippen LogP contribution is 2.46. The molecule has 0 aliphatic heterocycles. The van der Waals surface area contributed by atoms with Crippen molar-refractivity contribution in [2.45, 2.75) is 70.1 Å². The van der Waals surface area contributed by atoms with Crippen LogP contribution in [0.25, 0.3) is 0 Å². The van der Waals surface area contributed by atoms with Crippen LogP contribution in [0.1, 0.15) is 20.3 Å². The van der Waals surface area contributed by atoms with Gasteiger partial charge in [0.1, 0.15) is 0 Å². The van der Waals surface area contributed by atoms with E-state index in [4.69, 9.17) is 5.73 Å². The molecule has 0 aliphatic rings. The van der Waals surface area contributed by atoms with Crippen molar-refractivity contribution in [1.29, 1.82) is 0 Å². The van der Waals surface area contributed by atoms with E-state index in [9.17, 15) is 0 Å². The minimum Gasteiger partial charge on any atom is -0.330 e. The minimum atomic E-state index is -1.11. The summed E-state index contributed by atoms with van der Waals surface area (Å²) in [6.45, 7) is 18.4. The average molecular weight is 246 g/mol. The van der Waals surface area contributed by atoms with Crippen LogP contribution in [0.3, 0.4) is 0 Å². The van der Waals surface area contributed by atoms with Crippen molar-refractivity contribution in [2.24, 2.45) is 5.73 Å². The van der Waals surface area contributed by atoms with Crippen LogP contribution in [0.5, 0.6) is 0 Å². The van der Waals surface area contributed by atoms with Crippen LogP contribution in [-0.4, -0.2) is 22.7 Å². The largest absolute Gasteiger partial charge is 0.330 e. The van der Waals surface area contributed by atoms with Gasteiger partial charge in [0.25, 0.3) is 0 Å². The molecule has 0 heterocycles. The molecule has 0 saturated carbocycles. The molecular weight excluding hydrogens is 214 g/mol. The van der Waals surface area contributed by atoms with Gasteiger partial charge in [0, 0.05) is 8.07 Å². The van der Waals surface area contributed by atoms with Gasteiger partial charge in [-0.2, -0.15) is 0 Å². The molecule has 15 heavy (non-hydrogen) atoms. The van der Waals surface area contributed by atoms with Crippen molar-refractivity contribution in [1.82, 2.24) is 0 Å². The summed E-state index contributed by atoms with van der Waals surface area (Å²) in [5.41, 5.74) is 5.64. The molecule has 0 rings (SSSR count). The molecule has 2 N–H and O–H groups in total. The summed E-state index contributed by atoms with van der Waals surface area (Å²) in [6.07, 6.45) is 1.22. The maximum Gasteiger partial charge on any atom is 0.0528 e. The lowest BCUT2D eigenvalue weighted by atomic mass is 10.2. The monoisotopic (exact) mass is 245 g/mol. The quantitative estimate of drug-likeness (QED) is 0.699. The Labute approximate surface area is 98.9 Å². The summed E-state index contributed by atoms with van der Waals surface area (Å²) in [7, 11) is -2.05. The van der Waals surface area contributed by atoms with Crippen LogP contribution in [0, 0.1) is 0 Å². The van der Waals surface area contributed by atoms with E-state index in [2.05, 4.69) is 46.6 Å². The Bertz CT molecular complexity index is 192. The summed E-state index contributed by atoms with van der Waals surface area (Å²) in [4.78, 5) is 0. The summed E-state index contributed by atoms with van der Waals surface area (Å²) in [5, 5.41) is 0.576. The molecule has 0 saturated heterocycles. The molecule has 0 aromatic heterocycles. The van der Waals surface area contributed by atoms with E-state index in [0.717, 1.165) is 6.54 Å². The van der Waals surface area contributed by atoms with Crippen molar-refractivity contribution < 1.29 is 0 Å². The zero-order chi connectivity index (χ0) is 12.3. The standard InChI is InChI=1S/C12H31NSi2/c1-12(2,11-14(3,4)5)15(6,7)10-8-9-13/h8-11,13H2,1-7H3.